The van der Waals surface area contributed by atoms with Crippen LogP contribution in [0, 0.1) is 17.5 Å². The Morgan fingerprint density at radius 3 is 2.37 bits per heavy atom. The summed E-state index contributed by atoms with van der Waals surface area (Å²) in [5, 5.41) is 10.1. The Morgan fingerprint density at radius 1 is 1.00 bits per heavy atom. The highest BCUT2D eigenvalue weighted by atomic mass is 19.2. The number of aliphatic hydroxyl groups excluding tert-OH is 1. The number of ether oxygens (including phenoxy) is 1. The van der Waals surface area contributed by atoms with E-state index in [1.54, 1.807) is 0 Å². The van der Waals surface area contributed by atoms with Crippen molar-refractivity contribution >= 4 is 0 Å². The number of rotatable bonds is 3. The molecule has 5 heteroatoms. The van der Waals surface area contributed by atoms with Gasteiger partial charge in [-0.3, -0.25) is 0 Å². The van der Waals surface area contributed by atoms with E-state index in [-0.39, 0.29) is 16.9 Å². The van der Waals surface area contributed by atoms with Crippen molar-refractivity contribution in [2.45, 2.75) is 6.10 Å². The molecule has 0 spiro atoms. The van der Waals surface area contributed by atoms with Crippen LogP contribution in [0.25, 0.3) is 0 Å². The molecule has 19 heavy (non-hydrogen) atoms. The maximum Gasteiger partial charge on any atom is 0.159 e. The molecule has 1 unspecified atom stereocenters. The number of hydrogen-bond donors (Lipinski definition) is 1. The second kappa shape index (κ2) is 5.32. The van der Waals surface area contributed by atoms with Crippen LogP contribution in [0.4, 0.5) is 13.2 Å². The lowest BCUT2D eigenvalue weighted by Crippen LogP contribution is -2.04. The van der Waals surface area contributed by atoms with Gasteiger partial charge in [-0.1, -0.05) is 6.07 Å². The molecule has 0 aliphatic carbocycles. The summed E-state index contributed by atoms with van der Waals surface area (Å²) in [5.41, 5.74) is 0.260. The molecule has 2 rings (SSSR count). The predicted octanol–water partition coefficient (Wildman–Crippen LogP) is 3.19. The van der Waals surface area contributed by atoms with E-state index in [0.717, 1.165) is 18.2 Å². The third-order valence-electron chi connectivity index (χ3n) is 2.75. The van der Waals surface area contributed by atoms with Crippen LogP contribution in [0.5, 0.6) is 5.75 Å². The topological polar surface area (TPSA) is 29.5 Å². The minimum Gasteiger partial charge on any atom is -0.496 e. The zero-order valence-corrected chi connectivity index (χ0v) is 10.0. The van der Waals surface area contributed by atoms with E-state index in [9.17, 15) is 18.3 Å². The van der Waals surface area contributed by atoms with Gasteiger partial charge in [0, 0.05) is 5.56 Å². The van der Waals surface area contributed by atoms with Gasteiger partial charge in [0.1, 0.15) is 17.7 Å². The smallest absolute Gasteiger partial charge is 0.159 e. The third-order valence-corrected chi connectivity index (χ3v) is 2.75. The van der Waals surface area contributed by atoms with Gasteiger partial charge < -0.3 is 9.84 Å². The predicted molar refractivity (Wildman–Crippen MR) is 63.4 cm³/mol. The monoisotopic (exact) mass is 268 g/mol. The molecule has 2 aromatic rings. The molecule has 0 radical (unpaired) electrons. The molecule has 2 aromatic carbocycles. The Bertz CT molecular complexity index is 599. The molecule has 1 N–H and O–H groups in total. The summed E-state index contributed by atoms with van der Waals surface area (Å²) in [6, 6.07) is 6.62. The van der Waals surface area contributed by atoms with Crippen molar-refractivity contribution in [3.8, 4) is 5.75 Å². The lowest BCUT2D eigenvalue weighted by Gasteiger charge is -2.15. The van der Waals surface area contributed by atoms with Gasteiger partial charge in [0.2, 0.25) is 0 Å². The van der Waals surface area contributed by atoms with Gasteiger partial charge in [-0.2, -0.15) is 0 Å². The van der Waals surface area contributed by atoms with E-state index >= 15 is 0 Å². The molecule has 0 aliphatic heterocycles. The van der Waals surface area contributed by atoms with Gasteiger partial charge in [0.05, 0.1) is 7.11 Å². The number of halogens is 3. The molecule has 1 atom stereocenters. The van der Waals surface area contributed by atoms with Crippen LogP contribution >= 0.6 is 0 Å². The van der Waals surface area contributed by atoms with Crippen molar-refractivity contribution in [1.82, 2.24) is 0 Å². The fourth-order valence-electron chi connectivity index (χ4n) is 1.78. The van der Waals surface area contributed by atoms with Crippen molar-refractivity contribution in [1.29, 1.82) is 0 Å². The van der Waals surface area contributed by atoms with Crippen LogP contribution in [-0.2, 0) is 0 Å². The average Bonchev–Trinajstić information content (AvgIpc) is 2.41. The van der Waals surface area contributed by atoms with Gasteiger partial charge in [-0.15, -0.1) is 0 Å². The van der Waals surface area contributed by atoms with E-state index in [1.165, 1.54) is 25.3 Å². The van der Waals surface area contributed by atoms with E-state index in [2.05, 4.69) is 0 Å². The summed E-state index contributed by atoms with van der Waals surface area (Å²) in [6.07, 6.45) is -1.30. The Hall–Kier alpha value is -2.01. The zero-order chi connectivity index (χ0) is 14.0. The highest BCUT2D eigenvalue weighted by Gasteiger charge is 2.17. The molecule has 100 valence electrons. The van der Waals surface area contributed by atoms with Crippen molar-refractivity contribution in [2.24, 2.45) is 0 Å². The SMILES string of the molecule is COc1ccc(F)cc1C(O)c1ccc(F)c(F)c1. The third kappa shape index (κ3) is 2.71. The molecule has 0 bridgehead atoms. The standard InChI is InChI=1S/C14H11F3O2/c1-19-13-5-3-9(15)7-10(13)14(18)8-2-4-11(16)12(17)6-8/h2-7,14,18H,1H3. The van der Waals surface area contributed by atoms with Crippen LogP contribution < -0.4 is 4.74 Å². The first-order chi connectivity index (χ1) is 9.02. The van der Waals surface area contributed by atoms with Crippen LogP contribution in [0.15, 0.2) is 36.4 Å². The van der Waals surface area contributed by atoms with E-state index < -0.39 is 23.6 Å². The normalized spacial score (nSPS) is 12.3. The fraction of sp³-hybridized carbons (Fsp3) is 0.143. The minimum atomic E-state index is -1.30. The number of hydrogen-bond acceptors (Lipinski definition) is 2. The van der Waals surface area contributed by atoms with E-state index in [4.69, 9.17) is 4.74 Å². The van der Waals surface area contributed by atoms with Gasteiger partial charge in [-0.05, 0) is 35.9 Å². The zero-order valence-electron chi connectivity index (χ0n) is 10.0. The first-order valence-electron chi connectivity index (χ1n) is 5.49. The molecule has 0 saturated heterocycles. The van der Waals surface area contributed by atoms with Gasteiger partial charge >= 0.3 is 0 Å². The second-order valence-corrected chi connectivity index (χ2v) is 3.96. The Kier molecular flexibility index (Phi) is 3.76. The Morgan fingerprint density at radius 2 is 1.74 bits per heavy atom. The highest BCUT2D eigenvalue weighted by molar-refractivity contribution is 5.40. The van der Waals surface area contributed by atoms with E-state index in [1.807, 2.05) is 0 Å². The quantitative estimate of drug-likeness (QED) is 0.926. The van der Waals surface area contributed by atoms with E-state index in [0.29, 0.717) is 0 Å². The largest absolute Gasteiger partial charge is 0.496 e. The van der Waals surface area contributed by atoms with Crippen LogP contribution in [0.2, 0.25) is 0 Å². The summed E-state index contributed by atoms with van der Waals surface area (Å²) >= 11 is 0. The van der Waals surface area contributed by atoms with Crippen LogP contribution in [-0.4, -0.2) is 12.2 Å². The van der Waals surface area contributed by atoms with Crippen LogP contribution in [0.1, 0.15) is 17.2 Å². The molecular formula is C14H11F3O2. The van der Waals surface area contributed by atoms with Gasteiger partial charge in [0.25, 0.3) is 0 Å². The molecule has 0 aromatic heterocycles. The molecule has 2 nitrogen and oxygen atoms in total. The number of methoxy groups -OCH3 is 1. The summed E-state index contributed by atoms with van der Waals surface area (Å²) in [5.74, 6) is -2.38. The molecule has 0 heterocycles. The lowest BCUT2D eigenvalue weighted by atomic mass is 10.0. The van der Waals surface area contributed by atoms with Crippen molar-refractivity contribution in [2.75, 3.05) is 7.11 Å². The van der Waals surface area contributed by atoms with Gasteiger partial charge in [0.15, 0.2) is 11.6 Å². The lowest BCUT2D eigenvalue weighted by molar-refractivity contribution is 0.213. The Labute approximate surface area is 108 Å². The van der Waals surface area contributed by atoms with Crippen molar-refractivity contribution in [3.63, 3.8) is 0 Å². The second-order valence-electron chi connectivity index (χ2n) is 3.96. The maximum absolute atomic E-state index is 13.2. The minimum absolute atomic E-state index is 0.114. The molecule has 0 fully saturated rings. The molecule has 0 saturated carbocycles. The fourth-order valence-corrected chi connectivity index (χ4v) is 1.78. The summed E-state index contributed by atoms with van der Waals surface area (Å²) in [4.78, 5) is 0. The first kappa shape index (κ1) is 13.4. The first-order valence-corrected chi connectivity index (χ1v) is 5.49. The number of aliphatic hydroxyl groups is 1. The molecule has 0 aliphatic rings. The summed E-state index contributed by atoms with van der Waals surface area (Å²) in [6.45, 7) is 0. The number of benzene rings is 2. The maximum atomic E-state index is 13.2. The van der Waals surface area contributed by atoms with Crippen molar-refractivity contribution in [3.05, 3.63) is 65.0 Å². The average molecular weight is 268 g/mol. The summed E-state index contributed by atoms with van der Waals surface area (Å²) in [7, 11) is 1.37. The molecule has 0 amide bonds. The van der Waals surface area contributed by atoms with Gasteiger partial charge in [-0.25, -0.2) is 13.2 Å². The van der Waals surface area contributed by atoms with Crippen LogP contribution in [0.3, 0.4) is 0 Å². The Balaban J connectivity index is 2.45. The highest BCUT2D eigenvalue weighted by Crippen LogP contribution is 2.31. The van der Waals surface area contributed by atoms with Crippen molar-refractivity contribution < 1.29 is 23.0 Å². The summed E-state index contributed by atoms with van der Waals surface area (Å²) < 4.78 is 44.2. The molecular weight excluding hydrogens is 257 g/mol.